The molecule has 1 aliphatic carbocycles. The van der Waals surface area contributed by atoms with Crippen LogP contribution >= 0.6 is 11.3 Å². The van der Waals surface area contributed by atoms with Gasteiger partial charge in [0.1, 0.15) is 5.60 Å². The molecule has 124 valence electrons. The normalized spacial score (nSPS) is 32.5. The monoisotopic (exact) mass is 322 g/mol. The van der Waals surface area contributed by atoms with Gasteiger partial charge in [-0.15, -0.1) is 11.3 Å². The minimum atomic E-state index is -0.599. The lowest BCUT2D eigenvalue weighted by Gasteiger charge is -2.42. The van der Waals surface area contributed by atoms with E-state index < -0.39 is 5.60 Å². The molecule has 0 amide bonds. The van der Waals surface area contributed by atoms with Gasteiger partial charge in [-0.1, -0.05) is 31.7 Å². The van der Waals surface area contributed by atoms with E-state index in [9.17, 15) is 5.11 Å². The summed E-state index contributed by atoms with van der Waals surface area (Å²) in [5.41, 5.74) is -0.599. The van der Waals surface area contributed by atoms with Crippen molar-refractivity contribution in [2.24, 2.45) is 5.92 Å². The van der Waals surface area contributed by atoms with Crippen LogP contribution in [0.1, 0.15) is 43.4 Å². The first-order chi connectivity index (χ1) is 10.7. The first-order valence-electron chi connectivity index (χ1n) is 8.86. The molecule has 1 aliphatic heterocycles. The third-order valence-electron chi connectivity index (χ3n) is 5.56. The minimum Gasteiger partial charge on any atom is -0.384 e. The molecule has 1 aromatic heterocycles. The van der Waals surface area contributed by atoms with Gasteiger partial charge in [0, 0.05) is 43.5 Å². The lowest BCUT2D eigenvalue weighted by molar-refractivity contribution is -0.0545. The van der Waals surface area contributed by atoms with Crippen molar-refractivity contribution in [3.8, 4) is 0 Å². The van der Waals surface area contributed by atoms with Crippen molar-refractivity contribution in [2.45, 2.75) is 44.1 Å². The molecule has 2 fully saturated rings. The van der Waals surface area contributed by atoms with E-state index in [4.69, 9.17) is 0 Å². The van der Waals surface area contributed by atoms with Crippen molar-refractivity contribution in [1.29, 1.82) is 0 Å². The van der Waals surface area contributed by atoms with Gasteiger partial charge in [0.05, 0.1) is 0 Å². The highest BCUT2D eigenvalue weighted by atomic mass is 32.1. The smallest absolute Gasteiger partial charge is 0.103 e. The van der Waals surface area contributed by atoms with Gasteiger partial charge in [0.25, 0.3) is 0 Å². The number of hydrogen-bond donors (Lipinski definition) is 1. The predicted molar refractivity (Wildman–Crippen MR) is 93.3 cm³/mol. The van der Waals surface area contributed by atoms with Gasteiger partial charge in [-0.05, 0) is 31.3 Å². The van der Waals surface area contributed by atoms with Crippen molar-refractivity contribution >= 4 is 11.3 Å². The maximum absolute atomic E-state index is 11.6. The quantitative estimate of drug-likeness (QED) is 0.926. The summed E-state index contributed by atoms with van der Waals surface area (Å²) in [5.74, 6) is 0.384. The molecule has 22 heavy (non-hydrogen) atoms. The Hall–Kier alpha value is -0.420. The van der Waals surface area contributed by atoms with Crippen LogP contribution in [-0.4, -0.2) is 54.7 Å². The Kier molecular flexibility index (Phi) is 5.55. The summed E-state index contributed by atoms with van der Waals surface area (Å²) in [6.07, 6.45) is 7.14. The molecule has 2 unspecified atom stereocenters. The van der Waals surface area contributed by atoms with Gasteiger partial charge in [0.2, 0.25) is 0 Å². The van der Waals surface area contributed by atoms with Gasteiger partial charge in [-0.2, -0.15) is 0 Å². The zero-order valence-electron chi connectivity index (χ0n) is 13.8. The first kappa shape index (κ1) is 16.4. The second-order valence-corrected chi connectivity index (χ2v) is 8.10. The van der Waals surface area contributed by atoms with E-state index in [2.05, 4.69) is 34.4 Å². The van der Waals surface area contributed by atoms with Crippen LogP contribution in [0.5, 0.6) is 0 Å². The fraction of sp³-hybridized carbons (Fsp3) is 0.778. The van der Waals surface area contributed by atoms with Crippen LogP contribution in [0.15, 0.2) is 17.5 Å². The molecule has 2 aliphatic rings. The fourth-order valence-corrected chi connectivity index (χ4v) is 4.95. The number of thiophene rings is 1. The Balaban J connectivity index is 1.74. The van der Waals surface area contributed by atoms with Crippen molar-refractivity contribution < 1.29 is 5.11 Å². The summed E-state index contributed by atoms with van der Waals surface area (Å²) in [7, 11) is 2.20. The third-order valence-corrected chi connectivity index (χ3v) is 6.59. The molecule has 0 spiro atoms. The summed E-state index contributed by atoms with van der Waals surface area (Å²) >= 11 is 1.73. The largest absolute Gasteiger partial charge is 0.384 e. The Morgan fingerprint density at radius 2 is 1.95 bits per heavy atom. The molecule has 1 aromatic rings. The summed E-state index contributed by atoms with van der Waals surface area (Å²) < 4.78 is 0. The number of aliphatic hydroxyl groups is 1. The van der Waals surface area contributed by atoms with E-state index in [0.717, 1.165) is 45.6 Å². The third kappa shape index (κ3) is 3.73. The summed E-state index contributed by atoms with van der Waals surface area (Å²) in [5, 5.41) is 13.7. The molecule has 3 nitrogen and oxygen atoms in total. The summed E-state index contributed by atoms with van der Waals surface area (Å²) in [6.45, 7) is 5.66. The zero-order chi connectivity index (χ0) is 15.4. The number of nitrogens with zero attached hydrogens (tertiary/aromatic N) is 2. The van der Waals surface area contributed by atoms with Crippen molar-refractivity contribution in [1.82, 2.24) is 9.80 Å². The molecule has 4 heteroatoms. The number of likely N-dealkylation sites (N-methyl/N-ethyl adjacent to an activating group) is 1. The molecular weight excluding hydrogens is 292 g/mol. The van der Waals surface area contributed by atoms with Gasteiger partial charge in [-0.3, -0.25) is 0 Å². The molecule has 1 N–H and O–H groups in total. The van der Waals surface area contributed by atoms with Gasteiger partial charge in [0.15, 0.2) is 0 Å². The molecule has 2 heterocycles. The summed E-state index contributed by atoms with van der Waals surface area (Å²) in [6, 6.07) is 4.23. The molecule has 0 aromatic carbocycles. The van der Waals surface area contributed by atoms with Crippen LogP contribution in [0.4, 0.5) is 0 Å². The predicted octanol–water partition coefficient (Wildman–Crippen LogP) is 3.15. The minimum absolute atomic E-state index is 0.384. The number of rotatable bonds is 3. The van der Waals surface area contributed by atoms with Crippen molar-refractivity contribution in [3.63, 3.8) is 0 Å². The number of piperazine rings is 1. The topological polar surface area (TPSA) is 26.7 Å². The number of hydrogen-bond acceptors (Lipinski definition) is 4. The van der Waals surface area contributed by atoms with E-state index >= 15 is 0 Å². The molecule has 0 bridgehead atoms. The van der Waals surface area contributed by atoms with E-state index in [1.807, 2.05) is 0 Å². The van der Waals surface area contributed by atoms with Gasteiger partial charge in [-0.25, -0.2) is 0 Å². The van der Waals surface area contributed by atoms with Crippen molar-refractivity contribution in [3.05, 3.63) is 22.4 Å². The fourth-order valence-electron chi connectivity index (χ4n) is 4.02. The van der Waals surface area contributed by atoms with Crippen LogP contribution in [0.25, 0.3) is 0 Å². The van der Waals surface area contributed by atoms with Gasteiger partial charge >= 0.3 is 0 Å². The zero-order valence-corrected chi connectivity index (χ0v) is 14.7. The molecule has 1 saturated carbocycles. The Morgan fingerprint density at radius 1 is 1.18 bits per heavy atom. The van der Waals surface area contributed by atoms with E-state index in [-0.39, 0.29) is 0 Å². The van der Waals surface area contributed by atoms with Crippen molar-refractivity contribution in [2.75, 3.05) is 39.8 Å². The Labute approximate surface area is 138 Å². The van der Waals surface area contributed by atoms with Gasteiger partial charge < -0.3 is 14.9 Å². The maximum Gasteiger partial charge on any atom is 0.103 e. The van der Waals surface area contributed by atoms with E-state index in [1.165, 1.54) is 30.6 Å². The van der Waals surface area contributed by atoms with Crippen LogP contribution in [0.3, 0.4) is 0 Å². The summed E-state index contributed by atoms with van der Waals surface area (Å²) in [4.78, 5) is 6.17. The molecule has 1 saturated heterocycles. The highest BCUT2D eigenvalue weighted by Gasteiger charge is 2.40. The first-order valence-corrected chi connectivity index (χ1v) is 9.74. The van der Waals surface area contributed by atoms with Crippen LogP contribution in [-0.2, 0) is 5.60 Å². The Bertz CT molecular complexity index is 442. The highest BCUT2D eigenvalue weighted by Crippen LogP contribution is 2.42. The average Bonchev–Trinajstić information content (AvgIpc) is 3.04. The molecular formula is C18H30N2OS. The lowest BCUT2D eigenvalue weighted by Crippen LogP contribution is -2.49. The molecule has 3 rings (SSSR count). The van der Waals surface area contributed by atoms with Crippen LogP contribution < -0.4 is 0 Å². The van der Waals surface area contributed by atoms with Crippen LogP contribution in [0, 0.1) is 5.92 Å². The SMILES string of the molecule is CN1CCN(CC2CCCCCCC2(O)c2cccs2)CC1. The Morgan fingerprint density at radius 3 is 2.68 bits per heavy atom. The lowest BCUT2D eigenvalue weighted by atomic mass is 9.76. The average molecular weight is 323 g/mol. The molecule has 0 radical (unpaired) electrons. The second kappa shape index (κ2) is 7.43. The highest BCUT2D eigenvalue weighted by molar-refractivity contribution is 7.10. The van der Waals surface area contributed by atoms with E-state index in [0.29, 0.717) is 5.92 Å². The second-order valence-electron chi connectivity index (χ2n) is 7.16. The van der Waals surface area contributed by atoms with Crippen LogP contribution in [0.2, 0.25) is 0 Å². The molecule has 2 atom stereocenters. The maximum atomic E-state index is 11.6. The standard InChI is InChI=1S/C18H30N2OS/c1-19-10-12-20(13-11-19)15-16-7-4-2-3-5-9-18(16,21)17-8-6-14-22-17/h6,8,14,16,21H,2-5,7,9-13,15H2,1H3. The van der Waals surface area contributed by atoms with E-state index in [1.54, 1.807) is 11.3 Å².